The fourth-order valence-electron chi connectivity index (χ4n) is 3.83. The number of hydrogen-bond acceptors (Lipinski definition) is 5. The summed E-state index contributed by atoms with van der Waals surface area (Å²) in [7, 11) is 0. The maximum atomic E-state index is 12.6. The summed E-state index contributed by atoms with van der Waals surface area (Å²) < 4.78 is 5.45. The van der Waals surface area contributed by atoms with Crippen molar-refractivity contribution in [3.8, 4) is 11.1 Å². The molecule has 0 aliphatic heterocycles. The molecule has 0 bridgehead atoms. The zero-order chi connectivity index (χ0) is 23.2. The van der Waals surface area contributed by atoms with Gasteiger partial charge in [-0.1, -0.05) is 57.2 Å². The first-order valence-electron chi connectivity index (χ1n) is 11.3. The highest BCUT2D eigenvalue weighted by molar-refractivity contribution is 5.86. The smallest absolute Gasteiger partial charge is 0.408 e. The number of nitrogens with one attached hydrogen (secondary N) is 2. The normalized spacial score (nSPS) is 12.1. The molecule has 4 rings (SSSR count). The molecule has 1 atom stereocenters. The van der Waals surface area contributed by atoms with Crippen molar-refractivity contribution in [2.45, 2.75) is 46.3 Å². The molecule has 7 heteroatoms. The molecule has 7 nitrogen and oxygen atoms in total. The first-order chi connectivity index (χ1) is 16.0. The number of amides is 1. The van der Waals surface area contributed by atoms with Crippen LogP contribution in [0.1, 0.15) is 50.3 Å². The van der Waals surface area contributed by atoms with Crippen LogP contribution in [0.4, 0.5) is 4.79 Å². The van der Waals surface area contributed by atoms with Gasteiger partial charge < -0.3 is 10.1 Å². The van der Waals surface area contributed by atoms with Gasteiger partial charge in [-0.15, -0.1) is 0 Å². The molecular weight excluding hydrogens is 414 g/mol. The number of H-pyrrole nitrogens is 1. The van der Waals surface area contributed by atoms with E-state index in [1.165, 1.54) is 0 Å². The molecule has 2 N–H and O–H groups in total. The van der Waals surface area contributed by atoms with Crippen molar-refractivity contribution < 1.29 is 9.53 Å². The monoisotopic (exact) mass is 443 g/mol. The van der Waals surface area contributed by atoms with Crippen molar-refractivity contribution in [3.05, 3.63) is 78.0 Å². The molecule has 33 heavy (non-hydrogen) atoms. The van der Waals surface area contributed by atoms with Gasteiger partial charge in [0.25, 0.3) is 0 Å². The number of rotatable bonds is 8. The van der Waals surface area contributed by atoms with Crippen molar-refractivity contribution in [2.75, 3.05) is 0 Å². The Morgan fingerprint density at radius 1 is 1.09 bits per heavy atom. The summed E-state index contributed by atoms with van der Waals surface area (Å²) in [5.41, 5.74) is 4.83. The lowest BCUT2D eigenvalue weighted by atomic mass is 10.0. The van der Waals surface area contributed by atoms with E-state index in [0.717, 1.165) is 39.7 Å². The second-order valence-corrected chi connectivity index (χ2v) is 8.49. The van der Waals surface area contributed by atoms with Gasteiger partial charge in [0.15, 0.2) is 5.82 Å². The van der Waals surface area contributed by atoms with E-state index < -0.39 is 6.09 Å². The second-order valence-electron chi connectivity index (χ2n) is 8.49. The van der Waals surface area contributed by atoms with E-state index in [1.807, 2.05) is 48.7 Å². The van der Waals surface area contributed by atoms with Crippen LogP contribution in [0.15, 0.2) is 60.9 Å². The summed E-state index contributed by atoms with van der Waals surface area (Å²) in [6.07, 6.45) is 4.66. The summed E-state index contributed by atoms with van der Waals surface area (Å²) in [4.78, 5) is 22.3. The molecule has 0 saturated carbocycles. The van der Waals surface area contributed by atoms with Crippen LogP contribution in [0.25, 0.3) is 22.0 Å². The molecule has 0 radical (unpaired) electrons. The van der Waals surface area contributed by atoms with Crippen LogP contribution in [0.2, 0.25) is 0 Å². The molecule has 1 amide bonds. The van der Waals surface area contributed by atoms with E-state index in [0.29, 0.717) is 18.2 Å². The lowest BCUT2D eigenvalue weighted by Gasteiger charge is -2.20. The Balaban J connectivity index is 1.59. The fourth-order valence-corrected chi connectivity index (χ4v) is 3.83. The molecule has 0 fully saturated rings. The summed E-state index contributed by atoms with van der Waals surface area (Å²) >= 11 is 0. The topological polar surface area (TPSA) is 92.8 Å². The third kappa shape index (κ3) is 5.55. The molecule has 2 aromatic heterocycles. The van der Waals surface area contributed by atoms with E-state index >= 15 is 0 Å². The first kappa shape index (κ1) is 22.5. The number of carbonyl (C=O) groups is 1. The Morgan fingerprint density at radius 2 is 1.91 bits per heavy atom. The quantitative estimate of drug-likeness (QED) is 0.370. The van der Waals surface area contributed by atoms with E-state index in [2.05, 4.69) is 42.4 Å². The molecule has 4 aromatic rings. The summed E-state index contributed by atoms with van der Waals surface area (Å²) in [6, 6.07) is 15.4. The number of benzene rings is 2. The van der Waals surface area contributed by atoms with Crippen LogP contribution < -0.4 is 5.32 Å². The van der Waals surface area contributed by atoms with Crippen LogP contribution in [0.5, 0.6) is 0 Å². The number of fused-ring (bicyclic) bond motifs is 1. The van der Waals surface area contributed by atoms with Crippen molar-refractivity contribution in [2.24, 2.45) is 5.92 Å². The molecule has 0 aliphatic rings. The number of nitrogens with zero attached hydrogens (tertiary/aromatic N) is 3. The molecule has 1 unspecified atom stereocenters. The fraction of sp³-hybridized carbons (Fsp3) is 0.308. The molecule has 2 aromatic carbocycles. The zero-order valence-electron chi connectivity index (χ0n) is 19.2. The van der Waals surface area contributed by atoms with Gasteiger partial charge in [0.1, 0.15) is 6.61 Å². The molecule has 170 valence electrons. The highest BCUT2D eigenvalue weighted by Crippen LogP contribution is 2.27. The second kappa shape index (κ2) is 10.3. The van der Waals surface area contributed by atoms with E-state index in [-0.39, 0.29) is 12.6 Å². The number of aryl methyl sites for hydroxylation is 1. The molecule has 0 saturated heterocycles. The van der Waals surface area contributed by atoms with Gasteiger partial charge in [0, 0.05) is 17.1 Å². The number of ether oxygens (including phenoxy) is 1. The number of hydrogen-bond donors (Lipinski definition) is 2. The summed E-state index contributed by atoms with van der Waals surface area (Å²) in [6.45, 7) is 6.53. The van der Waals surface area contributed by atoms with Gasteiger partial charge in [-0.25, -0.2) is 14.8 Å². The van der Waals surface area contributed by atoms with Crippen LogP contribution >= 0.6 is 0 Å². The average Bonchev–Trinajstić information content (AvgIpc) is 3.37. The number of aromatic amines is 1. The van der Waals surface area contributed by atoms with Crippen molar-refractivity contribution in [1.29, 1.82) is 0 Å². The zero-order valence-corrected chi connectivity index (χ0v) is 19.2. The Labute approximate surface area is 193 Å². The average molecular weight is 444 g/mol. The summed E-state index contributed by atoms with van der Waals surface area (Å²) in [5.74, 6) is 0.957. The van der Waals surface area contributed by atoms with Crippen LogP contribution in [0.3, 0.4) is 0 Å². The Bertz CT molecular complexity index is 1210. The Hall–Kier alpha value is -3.74. The van der Waals surface area contributed by atoms with Crippen molar-refractivity contribution in [1.82, 2.24) is 25.5 Å². The van der Waals surface area contributed by atoms with Crippen molar-refractivity contribution >= 4 is 17.0 Å². The Kier molecular flexibility index (Phi) is 6.98. The van der Waals surface area contributed by atoms with Gasteiger partial charge in [-0.3, -0.25) is 5.10 Å². The standard InChI is InChI=1S/C26H29N5O2/c1-4-22-21-13-19(20-14-27-28-15-20)10-11-23(21)30-25(29-22)24(12-17(2)3)31-26(32)33-16-18-8-6-5-7-9-18/h5-11,13-15,17,24H,4,12,16H2,1-3H3,(H,27,28)(H,31,32). The van der Waals surface area contributed by atoms with Crippen LogP contribution in [-0.2, 0) is 17.8 Å². The van der Waals surface area contributed by atoms with E-state index in [4.69, 9.17) is 14.7 Å². The van der Waals surface area contributed by atoms with Gasteiger partial charge >= 0.3 is 6.09 Å². The predicted molar refractivity (Wildman–Crippen MR) is 128 cm³/mol. The third-order valence-corrected chi connectivity index (χ3v) is 5.48. The highest BCUT2D eigenvalue weighted by atomic mass is 16.5. The van der Waals surface area contributed by atoms with Gasteiger partial charge in [-0.2, -0.15) is 5.10 Å². The van der Waals surface area contributed by atoms with Gasteiger partial charge in [0.2, 0.25) is 0 Å². The number of aromatic nitrogens is 4. The Morgan fingerprint density at radius 3 is 2.61 bits per heavy atom. The predicted octanol–water partition coefficient (Wildman–Crippen LogP) is 5.60. The van der Waals surface area contributed by atoms with Gasteiger partial charge in [0.05, 0.1) is 23.4 Å². The maximum Gasteiger partial charge on any atom is 0.408 e. The SMILES string of the molecule is CCc1nc(C(CC(C)C)NC(=O)OCc2ccccc2)nc2ccc(-c3cn[nH]c3)cc12. The molecule has 0 aliphatic carbocycles. The van der Waals surface area contributed by atoms with Crippen LogP contribution in [0, 0.1) is 5.92 Å². The minimum atomic E-state index is -0.471. The largest absolute Gasteiger partial charge is 0.445 e. The van der Waals surface area contributed by atoms with Gasteiger partial charge in [-0.05, 0) is 42.0 Å². The minimum Gasteiger partial charge on any atom is -0.445 e. The highest BCUT2D eigenvalue weighted by Gasteiger charge is 2.21. The van der Waals surface area contributed by atoms with E-state index in [9.17, 15) is 4.79 Å². The van der Waals surface area contributed by atoms with Crippen LogP contribution in [-0.4, -0.2) is 26.3 Å². The van der Waals surface area contributed by atoms with Crippen molar-refractivity contribution in [3.63, 3.8) is 0 Å². The molecule has 2 heterocycles. The molecular formula is C26H29N5O2. The first-order valence-corrected chi connectivity index (χ1v) is 11.3. The third-order valence-electron chi connectivity index (χ3n) is 5.48. The molecule has 0 spiro atoms. The minimum absolute atomic E-state index is 0.219. The number of alkyl carbamates (subject to hydrolysis) is 1. The number of carbonyl (C=O) groups excluding carboxylic acids is 1. The lowest BCUT2D eigenvalue weighted by Crippen LogP contribution is -2.31. The maximum absolute atomic E-state index is 12.6. The van der Waals surface area contributed by atoms with E-state index in [1.54, 1.807) is 6.20 Å². The lowest BCUT2D eigenvalue weighted by molar-refractivity contribution is 0.133. The summed E-state index contributed by atoms with van der Waals surface area (Å²) in [5, 5.41) is 10.9.